The summed E-state index contributed by atoms with van der Waals surface area (Å²) in [4.78, 5) is 20.1. The van der Waals surface area contributed by atoms with E-state index < -0.39 is 14.3 Å². The second-order valence-electron chi connectivity index (χ2n) is 2.86. The topological polar surface area (TPSA) is 58.6 Å². The van der Waals surface area contributed by atoms with Gasteiger partial charge in [-0.2, -0.15) is 0 Å². The Morgan fingerprint density at radius 2 is 2.00 bits per heavy atom. The average Bonchev–Trinajstić information content (AvgIpc) is 1.84. The zero-order valence-corrected chi connectivity index (χ0v) is 8.76. The molecule has 0 aliphatic rings. The zero-order chi connectivity index (χ0) is 9.72. The van der Waals surface area contributed by atoms with Gasteiger partial charge in [0.2, 0.25) is 0 Å². The van der Waals surface area contributed by atoms with Gasteiger partial charge < -0.3 is 9.63 Å². The molecule has 0 saturated carbocycles. The molecule has 0 spiro atoms. The van der Waals surface area contributed by atoms with Crippen molar-refractivity contribution in [2.75, 3.05) is 6.66 Å². The van der Waals surface area contributed by atoms with Crippen LogP contribution < -0.4 is 5.09 Å². The summed E-state index contributed by atoms with van der Waals surface area (Å²) in [5, 5.41) is 2.69. The maximum atomic E-state index is 11.1. The van der Waals surface area contributed by atoms with Crippen molar-refractivity contribution in [1.29, 1.82) is 0 Å². The van der Waals surface area contributed by atoms with Crippen LogP contribution in [-0.4, -0.2) is 29.7 Å². The number of carbonyl (C=O) groups is 1. The lowest BCUT2D eigenvalue weighted by molar-refractivity contribution is -0.148. The van der Waals surface area contributed by atoms with Gasteiger partial charge >= 0.3 is 5.97 Å². The third-order valence-corrected chi connectivity index (χ3v) is 1.85. The molecule has 2 N–H and O–H groups in total. The maximum absolute atomic E-state index is 11.1. The first-order valence-electron chi connectivity index (χ1n) is 3.82. The first-order chi connectivity index (χ1) is 5.43. The monoisotopic (exact) mass is 193 g/mol. The highest BCUT2D eigenvalue weighted by Gasteiger charge is 2.16. The molecule has 0 fully saturated rings. The third kappa shape index (κ3) is 5.47. The number of hydrogen-bond donors (Lipinski definition) is 2. The minimum absolute atomic E-state index is 0.108. The van der Waals surface area contributed by atoms with Crippen molar-refractivity contribution in [3.63, 3.8) is 0 Å². The highest BCUT2D eigenvalue weighted by molar-refractivity contribution is 7.48. The number of ether oxygens (including phenoxy) is 1. The van der Waals surface area contributed by atoms with E-state index in [9.17, 15) is 4.79 Å². The van der Waals surface area contributed by atoms with Gasteiger partial charge in [-0.1, -0.05) is 0 Å². The summed E-state index contributed by atoms with van der Waals surface area (Å²) in [5.41, 5.74) is 0. The van der Waals surface area contributed by atoms with Gasteiger partial charge in [-0.05, 0) is 27.4 Å². The largest absolute Gasteiger partial charge is 0.462 e. The molecule has 12 heavy (non-hydrogen) atoms. The standard InChI is InChI=1S/C7H16NO3P/c1-5(2)11-7(9)6(3)8-12(4)10/h5-6,8,10H,1-4H3. The normalized spacial score (nSPS) is 15.8. The van der Waals surface area contributed by atoms with Gasteiger partial charge in [-0.15, -0.1) is 0 Å². The van der Waals surface area contributed by atoms with Crippen molar-refractivity contribution >= 4 is 14.3 Å². The van der Waals surface area contributed by atoms with E-state index in [1.165, 1.54) is 0 Å². The molecule has 0 saturated heterocycles. The summed E-state index contributed by atoms with van der Waals surface area (Å²) in [6.07, 6.45) is -0.108. The van der Waals surface area contributed by atoms with Gasteiger partial charge in [-0.3, -0.25) is 9.88 Å². The molecule has 0 aliphatic heterocycles. The molecule has 0 amide bonds. The molecule has 72 valence electrons. The molecule has 0 aromatic carbocycles. The van der Waals surface area contributed by atoms with Crippen LogP contribution in [-0.2, 0) is 9.53 Å². The third-order valence-electron chi connectivity index (χ3n) is 1.09. The van der Waals surface area contributed by atoms with Gasteiger partial charge in [0, 0.05) is 0 Å². The van der Waals surface area contributed by atoms with E-state index in [0.29, 0.717) is 0 Å². The Morgan fingerprint density at radius 3 is 2.33 bits per heavy atom. The van der Waals surface area contributed by atoms with Crippen LogP contribution in [0.3, 0.4) is 0 Å². The van der Waals surface area contributed by atoms with Gasteiger partial charge in [0.1, 0.15) is 6.04 Å². The maximum Gasteiger partial charge on any atom is 0.323 e. The molecule has 0 heterocycles. The molecule has 4 nitrogen and oxygen atoms in total. The van der Waals surface area contributed by atoms with E-state index in [2.05, 4.69) is 5.09 Å². The minimum atomic E-state index is -1.25. The molecule has 0 aromatic rings. The summed E-state index contributed by atoms with van der Waals surface area (Å²) < 4.78 is 4.91. The summed E-state index contributed by atoms with van der Waals surface area (Å²) in [6.45, 7) is 6.87. The molecule has 2 unspecified atom stereocenters. The van der Waals surface area contributed by atoms with Crippen LogP contribution in [0.1, 0.15) is 20.8 Å². The van der Waals surface area contributed by atoms with Crippen molar-refractivity contribution in [2.24, 2.45) is 0 Å². The SMILES string of the molecule is CC(C)OC(=O)C(C)NP(C)O. The summed E-state index contributed by atoms with van der Waals surface area (Å²) in [7, 11) is -1.25. The van der Waals surface area contributed by atoms with Gasteiger partial charge in [0.15, 0.2) is 0 Å². The van der Waals surface area contributed by atoms with Crippen LogP contribution in [0.2, 0.25) is 0 Å². The van der Waals surface area contributed by atoms with Crippen LogP contribution in [0.4, 0.5) is 0 Å². The first kappa shape index (κ1) is 11.8. The Kier molecular flexibility index (Phi) is 5.38. The molecule has 0 aromatic heterocycles. The lowest BCUT2D eigenvalue weighted by Crippen LogP contribution is -2.33. The van der Waals surface area contributed by atoms with Crippen molar-refractivity contribution in [3.8, 4) is 0 Å². The molecule has 0 rings (SSSR count). The number of hydrogen-bond acceptors (Lipinski definition) is 4. The fourth-order valence-electron chi connectivity index (χ4n) is 0.667. The molecule has 0 bridgehead atoms. The molecular formula is C7H16NO3P. The highest BCUT2D eigenvalue weighted by Crippen LogP contribution is 2.17. The van der Waals surface area contributed by atoms with Gasteiger partial charge in [0.05, 0.1) is 14.4 Å². The fraction of sp³-hybridized carbons (Fsp3) is 0.857. The van der Waals surface area contributed by atoms with Crippen LogP contribution in [0.15, 0.2) is 0 Å². The average molecular weight is 193 g/mol. The van der Waals surface area contributed by atoms with E-state index in [1.54, 1.807) is 27.4 Å². The Balaban J connectivity index is 3.77. The van der Waals surface area contributed by atoms with Crippen molar-refractivity contribution in [1.82, 2.24) is 5.09 Å². The van der Waals surface area contributed by atoms with Crippen LogP contribution in [0.25, 0.3) is 0 Å². The van der Waals surface area contributed by atoms with E-state index in [1.807, 2.05) is 0 Å². The fourth-order valence-corrected chi connectivity index (χ4v) is 1.33. The van der Waals surface area contributed by atoms with Gasteiger partial charge in [0.25, 0.3) is 0 Å². The first-order valence-corrected chi connectivity index (χ1v) is 5.57. The summed E-state index contributed by atoms with van der Waals surface area (Å²) in [6, 6.07) is -0.437. The van der Waals surface area contributed by atoms with Gasteiger partial charge in [-0.25, -0.2) is 0 Å². The van der Waals surface area contributed by atoms with E-state index in [-0.39, 0.29) is 12.1 Å². The molecular weight excluding hydrogens is 177 g/mol. The second kappa shape index (κ2) is 5.46. The Labute approximate surface area is 74.2 Å². The highest BCUT2D eigenvalue weighted by atomic mass is 31.2. The molecule has 0 radical (unpaired) electrons. The number of nitrogens with one attached hydrogen (secondary N) is 1. The number of carbonyl (C=O) groups excluding carboxylic acids is 1. The van der Waals surface area contributed by atoms with Crippen LogP contribution in [0, 0.1) is 0 Å². The predicted molar refractivity (Wildman–Crippen MR) is 48.9 cm³/mol. The molecule has 5 heteroatoms. The predicted octanol–water partition coefficient (Wildman–Crippen LogP) is 0.850. The van der Waals surface area contributed by atoms with E-state index >= 15 is 0 Å². The Morgan fingerprint density at radius 1 is 1.50 bits per heavy atom. The summed E-state index contributed by atoms with van der Waals surface area (Å²) in [5.74, 6) is -0.326. The van der Waals surface area contributed by atoms with Crippen molar-refractivity contribution in [2.45, 2.75) is 32.9 Å². The molecule has 2 atom stereocenters. The zero-order valence-electron chi connectivity index (χ0n) is 7.87. The van der Waals surface area contributed by atoms with Crippen LogP contribution >= 0.6 is 8.30 Å². The van der Waals surface area contributed by atoms with E-state index in [4.69, 9.17) is 9.63 Å². The quantitative estimate of drug-likeness (QED) is 0.513. The Bertz CT molecular complexity index is 150. The second-order valence-corrected chi connectivity index (χ2v) is 4.17. The van der Waals surface area contributed by atoms with Crippen molar-refractivity contribution in [3.05, 3.63) is 0 Å². The minimum Gasteiger partial charge on any atom is -0.462 e. The number of esters is 1. The number of rotatable bonds is 4. The lowest BCUT2D eigenvalue weighted by Gasteiger charge is -2.16. The van der Waals surface area contributed by atoms with E-state index in [0.717, 1.165) is 0 Å². The smallest absolute Gasteiger partial charge is 0.323 e. The summed E-state index contributed by atoms with van der Waals surface area (Å²) >= 11 is 0. The van der Waals surface area contributed by atoms with Crippen molar-refractivity contribution < 1.29 is 14.4 Å². The Hall–Kier alpha value is -0.180. The molecule has 0 aliphatic carbocycles. The lowest BCUT2D eigenvalue weighted by atomic mass is 10.4. The van der Waals surface area contributed by atoms with Crippen LogP contribution in [0.5, 0.6) is 0 Å².